The van der Waals surface area contributed by atoms with Gasteiger partial charge in [0.25, 0.3) is 0 Å². The topological polar surface area (TPSA) is 26.3 Å². The first-order valence-corrected chi connectivity index (χ1v) is 6.61. The number of allylic oxidation sites excluding steroid dienone is 2. The smallest absolute Gasteiger partial charge is 0.338 e. The Hall–Kier alpha value is -1.10. The number of ether oxygens (including phenoxy) is 1. The van der Waals surface area contributed by atoms with Gasteiger partial charge in [-0.1, -0.05) is 58.5 Å². The van der Waals surface area contributed by atoms with Crippen molar-refractivity contribution in [1.29, 1.82) is 0 Å². The highest BCUT2D eigenvalue weighted by molar-refractivity contribution is 14.1. The molecule has 3 heteroatoms. The summed E-state index contributed by atoms with van der Waals surface area (Å²) in [5.74, 6) is -0.281. The summed E-state index contributed by atoms with van der Waals surface area (Å²) in [6, 6.07) is 9.00. The first-order valence-electron chi connectivity index (χ1n) is 5.37. The standard InChI is InChI=1S/C14H15IO2/c1-12(11-15)7-5-6-10-17-14(16)13-8-3-2-4-9-13/h2-6,8-9,11H,7,10H2,1H3/b6-5-,12-11+. The fraction of sp³-hybridized carbons (Fsp3) is 0.214. The lowest BCUT2D eigenvalue weighted by atomic mass is 10.2. The van der Waals surface area contributed by atoms with E-state index in [4.69, 9.17) is 4.74 Å². The van der Waals surface area contributed by atoms with Gasteiger partial charge in [0, 0.05) is 0 Å². The molecule has 90 valence electrons. The quantitative estimate of drug-likeness (QED) is 0.457. The number of carbonyl (C=O) groups is 1. The molecule has 0 radical (unpaired) electrons. The van der Waals surface area contributed by atoms with Gasteiger partial charge in [-0.15, -0.1) is 0 Å². The zero-order valence-electron chi connectivity index (χ0n) is 9.73. The third kappa shape index (κ3) is 5.68. The molecule has 0 saturated carbocycles. The number of halogens is 1. The molecule has 1 aromatic carbocycles. The fourth-order valence-electron chi connectivity index (χ4n) is 1.16. The summed E-state index contributed by atoms with van der Waals surface area (Å²) in [6.07, 6.45) is 4.76. The normalized spacial score (nSPS) is 11.8. The van der Waals surface area contributed by atoms with Gasteiger partial charge < -0.3 is 4.74 Å². The van der Waals surface area contributed by atoms with Crippen LogP contribution in [0.4, 0.5) is 0 Å². The van der Waals surface area contributed by atoms with Crippen LogP contribution < -0.4 is 0 Å². The van der Waals surface area contributed by atoms with Gasteiger partial charge in [-0.2, -0.15) is 0 Å². The van der Waals surface area contributed by atoms with E-state index in [1.54, 1.807) is 12.1 Å². The molecule has 1 aromatic rings. The minimum absolute atomic E-state index is 0.281. The summed E-state index contributed by atoms with van der Waals surface area (Å²) in [5.41, 5.74) is 1.88. The van der Waals surface area contributed by atoms with Crippen molar-refractivity contribution in [2.45, 2.75) is 13.3 Å². The fourth-order valence-corrected chi connectivity index (χ4v) is 1.42. The molecule has 0 atom stereocenters. The summed E-state index contributed by atoms with van der Waals surface area (Å²) in [7, 11) is 0. The molecule has 0 aliphatic heterocycles. The molecule has 0 N–H and O–H groups in total. The minimum atomic E-state index is -0.281. The Labute approximate surface area is 116 Å². The Bertz CT molecular complexity index is 407. The molecule has 1 rings (SSSR count). The molecule has 2 nitrogen and oxygen atoms in total. The molecule has 0 heterocycles. The van der Waals surface area contributed by atoms with Crippen molar-refractivity contribution in [2.75, 3.05) is 6.61 Å². The third-order valence-electron chi connectivity index (χ3n) is 2.11. The SMILES string of the molecule is C/C(=C\I)C/C=C\COC(=O)c1ccccc1. The van der Waals surface area contributed by atoms with Crippen molar-refractivity contribution in [3.05, 3.63) is 57.7 Å². The maximum Gasteiger partial charge on any atom is 0.338 e. The molecule has 0 spiro atoms. The first-order chi connectivity index (χ1) is 8.24. The van der Waals surface area contributed by atoms with Crippen LogP contribution in [-0.4, -0.2) is 12.6 Å². The molecule has 0 bridgehead atoms. The van der Waals surface area contributed by atoms with E-state index in [9.17, 15) is 4.79 Å². The van der Waals surface area contributed by atoms with Crippen LogP contribution in [0.2, 0.25) is 0 Å². The van der Waals surface area contributed by atoms with E-state index >= 15 is 0 Å². The Morgan fingerprint density at radius 2 is 2.00 bits per heavy atom. The molecule has 0 amide bonds. The molecule has 0 unspecified atom stereocenters. The Kier molecular flexibility index (Phi) is 6.62. The van der Waals surface area contributed by atoms with Crippen LogP contribution in [-0.2, 0) is 4.74 Å². The molecule has 0 fully saturated rings. The summed E-state index contributed by atoms with van der Waals surface area (Å²) >= 11 is 2.21. The second kappa shape index (κ2) is 8.06. The van der Waals surface area contributed by atoms with Gasteiger partial charge in [0.2, 0.25) is 0 Å². The van der Waals surface area contributed by atoms with E-state index in [0.29, 0.717) is 12.2 Å². The Morgan fingerprint density at radius 3 is 2.65 bits per heavy atom. The number of rotatable bonds is 5. The summed E-state index contributed by atoms with van der Waals surface area (Å²) in [5, 5.41) is 0. The number of esters is 1. The minimum Gasteiger partial charge on any atom is -0.458 e. The number of hydrogen-bond acceptors (Lipinski definition) is 2. The van der Waals surface area contributed by atoms with Crippen molar-refractivity contribution in [3.8, 4) is 0 Å². The molecular weight excluding hydrogens is 327 g/mol. The highest BCUT2D eigenvalue weighted by Gasteiger charge is 2.03. The molecule has 0 aliphatic carbocycles. The van der Waals surface area contributed by atoms with Crippen LogP contribution in [0, 0.1) is 0 Å². The number of benzene rings is 1. The monoisotopic (exact) mass is 342 g/mol. The van der Waals surface area contributed by atoms with Gasteiger partial charge >= 0.3 is 5.97 Å². The molecule has 0 aliphatic rings. The third-order valence-corrected chi connectivity index (χ3v) is 3.18. The van der Waals surface area contributed by atoms with Crippen molar-refractivity contribution in [3.63, 3.8) is 0 Å². The predicted molar refractivity (Wildman–Crippen MR) is 78.3 cm³/mol. The van der Waals surface area contributed by atoms with Crippen molar-refractivity contribution in [1.82, 2.24) is 0 Å². The van der Waals surface area contributed by atoms with E-state index in [1.807, 2.05) is 34.4 Å². The summed E-state index contributed by atoms with van der Waals surface area (Å²) in [4.78, 5) is 11.5. The second-order valence-corrected chi connectivity index (χ2v) is 4.22. The van der Waals surface area contributed by atoms with Crippen molar-refractivity contribution < 1.29 is 9.53 Å². The molecule has 0 aromatic heterocycles. The molecular formula is C14H15IO2. The largest absolute Gasteiger partial charge is 0.458 e. The maximum absolute atomic E-state index is 11.5. The van der Waals surface area contributed by atoms with Gasteiger partial charge in [-0.3, -0.25) is 0 Å². The second-order valence-electron chi connectivity index (χ2n) is 3.60. The van der Waals surface area contributed by atoms with Crippen LogP contribution in [0.3, 0.4) is 0 Å². The van der Waals surface area contributed by atoms with E-state index in [0.717, 1.165) is 6.42 Å². The van der Waals surface area contributed by atoms with Gasteiger partial charge in [-0.05, 0) is 29.6 Å². The predicted octanol–water partition coefficient (Wildman–Crippen LogP) is 4.13. The Morgan fingerprint density at radius 1 is 1.29 bits per heavy atom. The van der Waals surface area contributed by atoms with Crippen molar-refractivity contribution >= 4 is 28.6 Å². The number of hydrogen-bond donors (Lipinski definition) is 0. The van der Waals surface area contributed by atoms with Crippen LogP contribution in [0.1, 0.15) is 23.7 Å². The van der Waals surface area contributed by atoms with E-state index in [1.165, 1.54) is 5.57 Å². The van der Waals surface area contributed by atoms with E-state index in [-0.39, 0.29) is 5.97 Å². The van der Waals surface area contributed by atoms with Gasteiger partial charge in [0.15, 0.2) is 0 Å². The van der Waals surface area contributed by atoms with Gasteiger partial charge in [0.05, 0.1) is 5.56 Å². The van der Waals surface area contributed by atoms with Gasteiger partial charge in [-0.25, -0.2) is 4.79 Å². The average Bonchev–Trinajstić information content (AvgIpc) is 2.38. The van der Waals surface area contributed by atoms with Crippen LogP contribution in [0.25, 0.3) is 0 Å². The van der Waals surface area contributed by atoms with Crippen molar-refractivity contribution in [2.24, 2.45) is 0 Å². The van der Waals surface area contributed by atoms with E-state index < -0.39 is 0 Å². The van der Waals surface area contributed by atoms with E-state index in [2.05, 4.69) is 29.5 Å². The van der Waals surface area contributed by atoms with Crippen LogP contribution >= 0.6 is 22.6 Å². The highest BCUT2D eigenvalue weighted by atomic mass is 127. The summed E-state index contributed by atoms with van der Waals surface area (Å²) < 4.78 is 7.14. The lowest BCUT2D eigenvalue weighted by Gasteiger charge is -2.01. The lowest BCUT2D eigenvalue weighted by Crippen LogP contribution is -2.04. The average molecular weight is 342 g/mol. The maximum atomic E-state index is 11.5. The lowest BCUT2D eigenvalue weighted by molar-refractivity contribution is 0.0549. The molecule has 17 heavy (non-hydrogen) atoms. The highest BCUT2D eigenvalue weighted by Crippen LogP contribution is 2.04. The van der Waals surface area contributed by atoms with Gasteiger partial charge in [0.1, 0.15) is 6.61 Å². The zero-order chi connectivity index (χ0) is 12.5. The Balaban J connectivity index is 2.30. The zero-order valence-corrected chi connectivity index (χ0v) is 11.9. The first kappa shape index (κ1) is 14.0. The summed E-state index contributed by atoms with van der Waals surface area (Å²) in [6.45, 7) is 2.38. The number of carbonyl (C=O) groups excluding carboxylic acids is 1. The molecule has 0 saturated heterocycles. The van der Waals surface area contributed by atoms with Crippen LogP contribution in [0.5, 0.6) is 0 Å². The van der Waals surface area contributed by atoms with Crippen LogP contribution in [0.15, 0.2) is 52.1 Å².